The lowest BCUT2D eigenvalue weighted by Gasteiger charge is -2.15. The van der Waals surface area contributed by atoms with E-state index in [1.54, 1.807) is 0 Å². The molecule has 0 spiro atoms. The fourth-order valence-electron chi connectivity index (χ4n) is 1.37. The summed E-state index contributed by atoms with van der Waals surface area (Å²) in [7, 11) is 0. The molecule has 0 aromatic carbocycles. The van der Waals surface area contributed by atoms with Crippen molar-refractivity contribution in [1.82, 2.24) is 10.6 Å². The molecular formula is C11H24N2O2. The first-order chi connectivity index (χ1) is 7.10. The van der Waals surface area contributed by atoms with Gasteiger partial charge in [-0.15, -0.1) is 0 Å². The highest BCUT2D eigenvalue weighted by atomic mass is 16.5. The van der Waals surface area contributed by atoms with E-state index >= 15 is 0 Å². The van der Waals surface area contributed by atoms with Crippen molar-refractivity contribution >= 4 is 5.91 Å². The molecule has 15 heavy (non-hydrogen) atoms. The van der Waals surface area contributed by atoms with E-state index in [4.69, 9.17) is 4.74 Å². The van der Waals surface area contributed by atoms with Crippen molar-refractivity contribution in [2.75, 3.05) is 19.7 Å². The van der Waals surface area contributed by atoms with Gasteiger partial charge in [0.05, 0.1) is 6.10 Å². The van der Waals surface area contributed by atoms with Crippen molar-refractivity contribution in [1.29, 1.82) is 0 Å². The van der Waals surface area contributed by atoms with E-state index in [0.29, 0.717) is 19.6 Å². The smallest absolute Gasteiger partial charge is 0.221 e. The molecule has 2 atom stereocenters. The summed E-state index contributed by atoms with van der Waals surface area (Å²) < 4.78 is 5.31. The van der Waals surface area contributed by atoms with E-state index in [-0.39, 0.29) is 18.1 Å². The summed E-state index contributed by atoms with van der Waals surface area (Å²) in [5.74, 6) is 0.0787. The largest absolute Gasteiger partial charge is 0.377 e. The van der Waals surface area contributed by atoms with E-state index in [1.807, 2.05) is 27.7 Å². The Balaban J connectivity index is 3.56. The molecule has 0 fully saturated rings. The Labute approximate surface area is 92.8 Å². The van der Waals surface area contributed by atoms with Gasteiger partial charge in [-0.2, -0.15) is 0 Å². The van der Waals surface area contributed by atoms with E-state index in [0.717, 1.165) is 6.54 Å². The van der Waals surface area contributed by atoms with Crippen LogP contribution in [0.1, 0.15) is 34.1 Å². The lowest BCUT2D eigenvalue weighted by Crippen LogP contribution is -2.37. The number of amides is 1. The molecule has 90 valence electrons. The van der Waals surface area contributed by atoms with Gasteiger partial charge in [-0.3, -0.25) is 4.79 Å². The van der Waals surface area contributed by atoms with Crippen molar-refractivity contribution < 1.29 is 9.53 Å². The van der Waals surface area contributed by atoms with E-state index in [9.17, 15) is 4.79 Å². The number of hydrogen-bond donors (Lipinski definition) is 2. The third-order valence-electron chi connectivity index (χ3n) is 2.08. The molecule has 0 radical (unpaired) electrons. The first-order valence-electron chi connectivity index (χ1n) is 5.71. The van der Waals surface area contributed by atoms with Gasteiger partial charge in [-0.1, -0.05) is 6.92 Å². The quantitative estimate of drug-likeness (QED) is 0.634. The molecule has 0 aliphatic carbocycles. The summed E-state index contributed by atoms with van der Waals surface area (Å²) in [6, 6.07) is 0.234. The van der Waals surface area contributed by atoms with Crippen LogP contribution in [0.2, 0.25) is 0 Å². The van der Waals surface area contributed by atoms with Crippen LogP contribution in [0, 0.1) is 0 Å². The fourth-order valence-corrected chi connectivity index (χ4v) is 1.37. The zero-order valence-corrected chi connectivity index (χ0v) is 10.3. The number of nitrogens with one attached hydrogen (secondary N) is 2. The maximum Gasteiger partial charge on any atom is 0.221 e. The minimum Gasteiger partial charge on any atom is -0.377 e. The Morgan fingerprint density at radius 2 is 2.00 bits per heavy atom. The molecule has 0 aliphatic rings. The summed E-state index contributed by atoms with van der Waals surface area (Å²) in [6.45, 7) is 10.1. The molecule has 1 amide bonds. The van der Waals surface area contributed by atoms with Gasteiger partial charge in [-0.25, -0.2) is 0 Å². The molecule has 0 rings (SSSR count). The van der Waals surface area contributed by atoms with Crippen molar-refractivity contribution in [3.8, 4) is 0 Å². The summed E-state index contributed by atoms with van der Waals surface area (Å²) >= 11 is 0. The van der Waals surface area contributed by atoms with Crippen molar-refractivity contribution in [3.05, 3.63) is 0 Å². The van der Waals surface area contributed by atoms with Crippen molar-refractivity contribution in [3.63, 3.8) is 0 Å². The van der Waals surface area contributed by atoms with Crippen LogP contribution in [0.15, 0.2) is 0 Å². The Morgan fingerprint density at radius 1 is 1.33 bits per heavy atom. The van der Waals surface area contributed by atoms with Crippen LogP contribution >= 0.6 is 0 Å². The highest BCUT2D eigenvalue weighted by molar-refractivity contribution is 5.76. The van der Waals surface area contributed by atoms with Gasteiger partial charge < -0.3 is 15.4 Å². The second-order valence-corrected chi connectivity index (χ2v) is 3.73. The topological polar surface area (TPSA) is 50.4 Å². The normalized spacial score (nSPS) is 14.7. The summed E-state index contributed by atoms with van der Waals surface area (Å²) in [5, 5.41) is 6.05. The number of carbonyl (C=O) groups excluding carboxylic acids is 1. The van der Waals surface area contributed by atoms with Crippen LogP contribution in [0.4, 0.5) is 0 Å². The first kappa shape index (κ1) is 14.4. The van der Waals surface area contributed by atoms with Gasteiger partial charge in [0.25, 0.3) is 0 Å². The number of carbonyl (C=O) groups is 1. The van der Waals surface area contributed by atoms with Gasteiger partial charge in [0.2, 0.25) is 5.91 Å². The van der Waals surface area contributed by atoms with Gasteiger partial charge in [0.1, 0.15) is 0 Å². The molecule has 0 heterocycles. The Hall–Kier alpha value is -0.610. The highest BCUT2D eigenvalue weighted by Crippen LogP contribution is 1.92. The third-order valence-corrected chi connectivity index (χ3v) is 2.08. The van der Waals surface area contributed by atoms with E-state index < -0.39 is 0 Å². The molecule has 2 N–H and O–H groups in total. The second-order valence-electron chi connectivity index (χ2n) is 3.73. The second kappa shape index (κ2) is 8.68. The predicted molar refractivity (Wildman–Crippen MR) is 61.9 cm³/mol. The molecule has 2 unspecified atom stereocenters. The van der Waals surface area contributed by atoms with Gasteiger partial charge in [0, 0.05) is 25.6 Å². The lowest BCUT2D eigenvalue weighted by atomic mass is 10.2. The molecule has 0 aromatic heterocycles. The van der Waals surface area contributed by atoms with Crippen LogP contribution in [-0.2, 0) is 9.53 Å². The van der Waals surface area contributed by atoms with Crippen LogP contribution in [-0.4, -0.2) is 37.7 Å². The maximum atomic E-state index is 11.4. The van der Waals surface area contributed by atoms with Crippen molar-refractivity contribution in [2.24, 2.45) is 0 Å². The third kappa shape index (κ3) is 8.39. The number of hydrogen-bond acceptors (Lipinski definition) is 3. The molecule has 4 heteroatoms. The van der Waals surface area contributed by atoms with Gasteiger partial charge in [0.15, 0.2) is 0 Å². The number of rotatable bonds is 8. The summed E-state index contributed by atoms with van der Waals surface area (Å²) in [6.07, 6.45) is 0.612. The van der Waals surface area contributed by atoms with Crippen LogP contribution in [0.3, 0.4) is 0 Å². The molecule has 4 nitrogen and oxygen atoms in total. The zero-order chi connectivity index (χ0) is 11.7. The Bertz CT molecular complexity index is 174. The lowest BCUT2D eigenvalue weighted by molar-refractivity contribution is -0.122. The van der Waals surface area contributed by atoms with E-state index in [2.05, 4.69) is 10.6 Å². The fraction of sp³-hybridized carbons (Fsp3) is 0.909. The SMILES string of the molecule is CCNC(C)CC(=O)NCC(C)OCC. The summed E-state index contributed by atoms with van der Waals surface area (Å²) in [4.78, 5) is 11.4. The Kier molecular flexibility index (Phi) is 8.33. The molecular weight excluding hydrogens is 192 g/mol. The average Bonchev–Trinajstić information content (AvgIpc) is 2.15. The van der Waals surface area contributed by atoms with Crippen LogP contribution in [0.25, 0.3) is 0 Å². The van der Waals surface area contributed by atoms with Crippen LogP contribution < -0.4 is 10.6 Å². The average molecular weight is 216 g/mol. The molecule has 0 bridgehead atoms. The summed E-state index contributed by atoms with van der Waals surface area (Å²) in [5.41, 5.74) is 0. The van der Waals surface area contributed by atoms with Gasteiger partial charge in [-0.05, 0) is 27.3 Å². The van der Waals surface area contributed by atoms with Gasteiger partial charge >= 0.3 is 0 Å². The van der Waals surface area contributed by atoms with Crippen LogP contribution in [0.5, 0.6) is 0 Å². The molecule has 0 saturated heterocycles. The standard InChI is InChI=1S/C11H24N2O2/c1-5-12-9(3)7-11(14)13-8-10(4)15-6-2/h9-10,12H,5-8H2,1-4H3,(H,13,14). The molecule has 0 saturated carbocycles. The molecule has 0 aromatic rings. The highest BCUT2D eigenvalue weighted by Gasteiger charge is 2.08. The monoisotopic (exact) mass is 216 g/mol. The maximum absolute atomic E-state index is 11.4. The Morgan fingerprint density at radius 3 is 2.53 bits per heavy atom. The minimum absolute atomic E-state index is 0.0787. The first-order valence-corrected chi connectivity index (χ1v) is 5.71. The molecule has 0 aliphatic heterocycles. The number of ether oxygens (including phenoxy) is 1. The van der Waals surface area contributed by atoms with Crippen molar-refractivity contribution in [2.45, 2.75) is 46.3 Å². The minimum atomic E-state index is 0.0787. The predicted octanol–water partition coefficient (Wildman–Crippen LogP) is 0.916. The van der Waals surface area contributed by atoms with E-state index in [1.165, 1.54) is 0 Å². The zero-order valence-electron chi connectivity index (χ0n) is 10.3.